The molecule has 2 N–H and O–H groups in total. The van der Waals surface area contributed by atoms with Crippen molar-refractivity contribution in [3.63, 3.8) is 0 Å². The van der Waals surface area contributed by atoms with E-state index >= 15 is 0 Å². The number of hydrogen-bond acceptors (Lipinski definition) is 3. The van der Waals surface area contributed by atoms with Crippen molar-refractivity contribution in [1.29, 1.82) is 0 Å². The average molecular weight is 275 g/mol. The first-order valence-corrected chi connectivity index (χ1v) is 6.56. The van der Waals surface area contributed by atoms with Crippen LogP contribution in [0.4, 0.5) is 0 Å². The van der Waals surface area contributed by atoms with Gasteiger partial charge < -0.3 is 14.8 Å². The third-order valence-electron chi connectivity index (χ3n) is 2.90. The van der Waals surface area contributed by atoms with Crippen LogP contribution < -0.4 is 5.32 Å². The number of carboxylic acid groups (broad SMARTS) is 1. The molecule has 0 unspecified atom stereocenters. The normalized spacial score (nSPS) is 10.6. The summed E-state index contributed by atoms with van der Waals surface area (Å²) in [5, 5.41) is 11.3. The molecule has 0 aliphatic rings. The lowest BCUT2D eigenvalue weighted by Gasteiger charge is -2.02. The minimum absolute atomic E-state index is 0.0938. The molecule has 0 saturated heterocycles. The first-order chi connectivity index (χ1) is 9.65. The molecule has 0 aliphatic heterocycles. The molecule has 0 spiro atoms. The van der Waals surface area contributed by atoms with Crippen molar-refractivity contribution in [2.75, 3.05) is 6.54 Å². The molecule has 0 bridgehead atoms. The van der Waals surface area contributed by atoms with Crippen LogP contribution >= 0.6 is 0 Å². The van der Waals surface area contributed by atoms with Crippen molar-refractivity contribution in [3.05, 3.63) is 36.3 Å². The summed E-state index contributed by atoms with van der Waals surface area (Å²) < 4.78 is 1.87. The maximum Gasteiger partial charge on any atom is 0.303 e. The Hall–Kier alpha value is -2.37. The van der Waals surface area contributed by atoms with E-state index in [1.165, 1.54) is 0 Å². The minimum Gasteiger partial charge on any atom is -0.481 e. The van der Waals surface area contributed by atoms with Gasteiger partial charge in [0.05, 0.1) is 12.1 Å². The molecule has 2 rings (SSSR count). The fourth-order valence-electron chi connectivity index (χ4n) is 1.93. The van der Waals surface area contributed by atoms with Gasteiger partial charge in [-0.1, -0.05) is 6.07 Å². The van der Waals surface area contributed by atoms with Gasteiger partial charge >= 0.3 is 5.97 Å². The monoisotopic (exact) mass is 275 g/mol. The molecule has 0 aromatic carbocycles. The summed E-state index contributed by atoms with van der Waals surface area (Å²) in [6, 6.07) is 5.68. The Morgan fingerprint density at radius 1 is 1.30 bits per heavy atom. The van der Waals surface area contributed by atoms with Crippen LogP contribution in [0.5, 0.6) is 0 Å². The highest BCUT2D eigenvalue weighted by Gasteiger charge is 2.07. The Morgan fingerprint density at radius 2 is 2.15 bits per heavy atom. The third-order valence-corrected chi connectivity index (χ3v) is 2.90. The molecule has 2 aromatic heterocycles. The maximum atomic E-state index is 11.7. The van der Waals surface area contributed by atoms with Crippen molar-refractivity contribution in [2.45, 2.75) is 25.7 Å². The molecular weight excluding hydrogens is 258 g/mol. The number of pyridine rings is 1. The highest BCUT2D eigenvalue weighted by molar-refractivity contribution is 5.78. The van der Waals surface area contributed by atoms with Gasteiger partial charge in [-0.25, -0.2) is 4.98 Å². The van der Waals surface area contributed by atoms with E-state index in [-0.39, 0.29) is 18.7 Å². The van der Waals surface area contributed by atoms with Crippen molar-refractivity contribution in [1.82, 2.24) is 14.7 Å². The number of unbranched alkanes of at least 4 members (excludes halogenated alkanes) is 1. The number of aliphatic carboxylic acids is 1. The zero-order chi connectivity index (χ0) is 14.4. The molecule has 0 radical (unpaired) electrons. The predicted molar refractivity (Wildman–Crippen MR) is 73.4 cm³/mol. The van der Waals surface area contributed by atoms with Crippen LogP contribution in [0.3, 0.4) is 0 Å². The second-order valence-electron chi connectivity index (χ2n) is 4.58. The second-order valence-corrected chi connectivity index (χ2v) is 4.58. The number of fused-ring (bicyclic) bond motifs is 1. The lowest BCUT2D eigenvalue weighted by molar-refractivity contribution is -0.137. The van der Waals surface area contributed by atoms with Crippen molar-refractivity contribution in [2.24, 2.45) is 0 Å². The summed E-state index contributed by atoms with van der Waals surface area (Å²) in [6.45, 7) is 0.499. The maximum absolute atomic E-state index is 11.7. The first kappa shape index (κ1) is 14.0. The lowest BCUT2D eigenvalue weighted by atomic mass is 10.2. The summed E-state index contributed by atoms with van der Waals surface area (Å²) in [5.74, 6) is -0.898. The summed E-state index contributed by atoms with van der Waals surface area (Å²) in [5.41, 5.74) is 1.54. The van der Waals surface area contributed by atoms with Crippen LogP contribution in [0.1, 0.15) is 25.0 Å². The molecule has 0 saturated carbocycles. The number of amides is 1. The topological polar surface area (TPSA) is 83.7 Å². The van der Waals surface area contributed by atoms with E-state index in [0.29, 0.717) is 19.4 Å². The molecule has 0 aliphatic carbocycles. The van der Waals surface area contributed by atoms with E-state index < -0.39 is 5.97 Å². The fourth-order valence-corrected chi connectivity index (χ4v) is 1.93. The summed E-state index contributed by atoms with van der Waals surface area (Å²) >= 11 is 0. The number of rotatable bonds is 7. The Morgan fingerprint density at radius 3 is 2.90 bits per heavy atom. The Bertz CT molecular complexity index is 573. The van der Waals surface area contributed by atoms with Crippen LogP contribution in [0.25, 0.3) is 5.65 Å². The number of hydrogen-bond donors (Lipinski definition) is 2. The van der Waals surface area contributed by atoms with Crippen molar-refractivity contribution in [3.8, 4) is 0 Å². The number of aromatic nitrogens is 2. The van der Waals surface area contributed by atoms with Gasteiger partial charge in [0.25, 0.3) is 0 Å². The van der Waals surface area contributed by atoms with Crippen LogP contribution in [0, 0.1) is 0 Å². The van der Waals surface area contributed by atoms with Gasteiger partial charge in [-0.15, -0.1) is 0 Å². The van der Waals surface area contributed by atoms with Gasteiger partial charge in [0.2, 0.25) is 5.91 Å². The Labute approximate surface area is 116 Å². The van der Waals surface area contributed by atoms with Crippen molar-refractivity contribution < 1.29 is 14.7 Å². The number of carboxylic acids is 1. The predicted octanol–water partition coefficient (Wildman–Crippen LogP) is 1.25. The standard InChI is InChI=1S/C14H17N3O3/c18-13(15-7-3-1-6-14(19)20)9-11-10-17-8-4-2-5-12(17)16-11/h2,4-5,8,10H,1,3,6-7,9H2,(H,15,18)(H,19,20). The van der Waals surface area contributed by atoms with Gasteiger partial charge in [-0.2, -0.15) is 0 Å². The molecule has 106 valence electrons. The molecule has 20 heavy (non-hydrogen) atoms. The number of carbonyl (C=O) groups excluding carboxylic acids is 1. The molecule has 6 heteroatoms. The largest absolute Gasteiger partial charge is 0.481 e. The summed E-state index contributed by atoms with van der Waals surface area (Å²) in [7, 11) is 0. The first-order valence-electron chi connectivity index (χ1n) is 6.56. The Balaban J connectivity index is 1.75. The van der Waals surface area contributed by atoms with E-state index in [0.717, 1.165) is 11.3 Å². The zero-order valence-corrected chi connectivity index (χ0v) is 11.1. The number of nitrogens with one attached hydrogen (secondary N) is 1. The quantitative estimate of drug-likeness (QED) is 0.745. The van der Waals surface area contributed by atoms with Crippen molar-refractivity contribution >= 4 is 17.5 Å². The highest BCUT2D eigenvalue weighted by atomic mass is 16.4. The number of imidazole rings is 1. The van der Waals surface area contributed by atoms with Gasteiger partial charge in [-0.05, 0) is 25.0 Å². The van der Waals surface area contributed by atoms with E-state index in [2.05, 4.69) is 10.3 Å². The van der Waals surface area contributed by atoms with E-state index in [4.69, 9.17) is 5.11 Å². The molecule has 0 atom stereocenters. The molecule has 1 amide bonds. The van der Waals surface area contributed by atoms with E-state index in [9.17, 15) is 9.59 Å². The number of carbonyl (C=O) groups is 2. The van der Waals surface area contributed by atoms with Crippen LogP contribution in [-0.4, -0.2) is 32.9 Å². The lowest BCUT2D eigenvalue weighted by Crippen LogP contribution is -2.26. The smallest absolute Gasteiger partial charge is 0.303 e. The van der Waals surface area contributed by atoms with Crippen LogP contribution in [0.15, 0.2) is 30.6 Å². The second kappa shape index (κ2) is 6.70. The molecule has 2 aromatic rings. The van der Waals surface area contributed by atoms with E-state index in [1.807, 2.05) is 35.0 Å². The minimum atomic E-state index is -0.805. The van der Waals surface area contributed by atoms with Gasteiger partial charge in [0.15, 0.2) is 0 Å². The third kappa shape index (κ3) is 4.08. The van der Waals surface area contributed by atoms with Gasteiger partial charge in [0, 0.05) is 25.4 Å². The molecule has 6 nitrogen and oxygen atoms in total. The summed E-state index contributed by atoms with van der Waals surface area (Å²) in [4.78, 5) is 26.4. The van der Waals surface area contributed by atoms with Gasteiger partial charge in [0.1, 0.15) is 5.65 Å². The van der Waals surface area contributed by atoms with Gasteiger partial charge in [-0.3, -0.25) is 9.59 Å². The average Bonchev–Trinajstić information content (AvgIpc) is 2.79. The number of nitrogens with zero attached hydrogens (tertiary/aromatic N) is 2. The zero-order valence-electron chi connectivity index (χ0n) is 11.1. The summed E-state index contributed by atoms with van der Waals surface area (Å²) in [6.07, 6.45) is 5.34. The van der Waals surface area contributed by atoms with Crippen LogP contribution in [-0.2, 0) is 16.0 Å². The fraction of sp³-hybridized carbons (Fsp3) is 0.357. The Kier molecular flexibility index (Phi) is 4.70. The molecule has 0 fully saturated rings. The molecule has 2 heterocycles. The van der Waals surface area contributed by atoms with Crippen LogP contribution in [0.2, 0.25) is 0 Å². The molecular formula is C14H17N3O3. The SMILES string of the molecule is O=C(O)CCCCNC(=O)Cc1cn2ccccc2n1. The van der Waals surface area contributed by atoms with E-state index in [1.54, 1.807) is 0 Å². The highest BCUT2D eigenvalue weighted by Crippen LogP contribution is 2.05.